The molecule has 3 aliphatic rings. The second-order valence-corrected chi connectivity index (χ2v) is 9.63. The minimum atomic E-state index is -0.426. The second-order valence-electron chi connectivity index (χ2n) is 9.63. The molecular formula is C24H41N5. The topological polar surface area (TPSA) is 67.1 Å². The van der Waals surface area contributed by atoms with Crippen molar-refractivity contribution in [1.82, 2.24) is 15.3 Å². The van der Waals surface area contributed by atoms with Crippen molar-refractivity contribution in [3.63, 3.8) is 0 Å². The third kappa shape index (κ3) is 4.32. The Morgan fingerprint density at radius 3 is 2.52 bits per heavy atom. The van der Waals surface area contributed by atoms with Crippen LogP contribution in [0, 0.1) is 5.92 Å². The standard InChI is InChI=1S/C24H41N5/c1-3-18(4-2)17-26-21-13-10-14-24(21,25)23-27-20-12-9-11-19(20)22(28-23)29-15-7-5-6-8-16-29/h18,21,26H,3-17,25H2,1-2H3. The number of rotatable bonds is 7. The van der Waals surface area contributed by atoms with Gasteiger partial charge in [-0.1, -0.05) is 39.5 Å². The van der Waals surface area contributed by atoms with Gasteiger partial charge in [-0.05, 0) is 63.8 Å². The van der Waals surface area contributed by atoms with Gasteiger partial charge in [-0.25, -0.2) is 9.97 Å². The number of aromatic nitrogens is 2. The smallest absolute Gasteiger partial charge is 0.152 e. The molecule has 0 bridgehead atoms. The van der Waals surface area contributed by atoms with Crippen LogP contribution in [0.4, 0.5) is 5.82 Å². The van der Waals surface area contributed by atoms with Crippen LogP contribution in [-0.4, -0.2) is 35.6 Å². The summed E-state index contributed by atoms with van der Waals surface area (Å²) in [6.45, 7) is 7.91. The summed E-state index contributed by atoms with van der Waals surface area (Å²) in [7, 11) is 0. The molecule has 1 saturated carbocycles. The quantitative estimate of drug-likeness (QED) is 0.723. The van der Waals surface area contributed by atoms with Gasteiger partial charge in [0.25, 0.3) is 0 Å². The van der Waals surface area contributed by atoms with Crippen LogP contribution in [0.1, 0.15) is 95.1 Å². The molecule has 1 saturated heterocycles. The van der Waals surface area contributed by atoms with Crippen LogP contribution in [0.5, 0.6) is 0 Å². The first-order valence-corrected chi connectivity index (χ1v) is 12.3. The van der Waals surface area contributed by atoms with Crippen molar-refractivity contribution < 1.29 is 0 Å². The molecule has 2 fully saturated rings. The fourth-order valence-corrected chi connectivity index (χ4v) is 5.63. The van der Waals surface area contributed by atoms with Gasteiger partial charge < -0.3 is 16.0 Å². The fraction of sp³-hybridized carbons (Fsp3) is 0.833. The van der Waals surface area contributed by atoms with Crippen LogP contribution in [0.25, 0.3) is 0 Å². The average Bonchev–Trinajstić information content (AvgIpc) is 3.26. The minimum Gasteiger partial charge on any atom is -0.356 e. The highest BCUT2D eigenvalue weighted by Gasteiger charge is 2.44. The van der Waals surface area contributed by atoms with Crippen molar-refractivity contribution in [2.75, 3.05) is 24.5 Å². The number of hydrogen-bond acceptors (Lipinski definition) is 5. The van der Waals surface area contributed by atoms with Gasteiger partial charge in [-0.2, -0.15) is 0 Å². The van der Waals surface area contributed by atoms with Crippen LogP contribution < -0.4 is 16.0 Å². The molecular weight excluding hydrogens is 358 g/mol. The first kappa shape index (κ1) is 21.0. The van der Waals surface area contributed by atoms with Gasteiger partial charge in [-0.15, -0.1) is 0 Å². The molecule has 2 atom stereocenters. The number of nitrogens with zero attached hydrogens (tertiary/aromatic N) is 3. The molecule has 1 aromatic heterocycles. The van der Waals surface area contributed by atoms with Crippen molar-refractivity contribution in [2.45, 2.75) is 102 Å². The zero-order chi connectivity index (χ0) is 20.3. The summed E-state index contributed by atoms with van der Waals surface area (Å²) in [5, 5.41) is 3.83. The monoisotopic (exact) mass is 399 g/mol. The third-order valence-corrected chi connectivity index (χ3v) is 7.75. The van der Waals surface area contributed by atoms with Gasteiger partial charge in [0.1, 0.15) is 5.82 Å². The molecule has 3 N–H and O–H groups in total. The Balaban J connectivity index is 1.62. The maximum Gasteiger partial charge on any atom is 0.152 e. The summed E-state index contributed by atoms with van der Waals surface area (Å²) in [5.41, 5.74) is 9.38. The Bertz CT molecular complexity index is 678. The normalized spacial score (nSPS) is 27.4. The summed E-state index contributed by atoms with van der Waals surface area (Å²) in [4.78, 5) is 12.9. The molecule has 0 spiro atoms. The molecule has 0 amide bonds. The van der Waals surface area contributed by atoms with Gasteiger partial charge in [0.15, 0.2) is 5.82 Å². The van der Waals surface area contributed by atoms with Crippen LogP contribution >= 0.6 is 0 Å². The molecule has 4 rings (SSSR count). The third-order valence-electron chi connectivity index (χ3n) is 7.75. The van der Waals surface area contributed by atoms with Gasteiger partial charge in [0, 0.05) is 30.4 Å². The maximum absolute atomic E-state index is 7.11. The lowest BCUT2D eigenvalue weighted by Crippen LogP contribution is -2.53. The van der Waals surface area contributed by atoms with E-state index in [0.717, 1.165) is 63.5 Å². The summed E-state index contributed by atoms with van der Waals surface area (Å²) in [6.07, 6.45) is 14.4. The molecule has 0 aromatic carbocycles. The average molecular weight is 400 g/mol. The first-order valence-electron chi connectivity index (χ1n) is 12.3. The molecule has 5 heteroatoms. The van der Waals surface area contributed by atoms with Crippen LogP contribution in [-0.2, 0) is 18.4 Å². The van der Waals surface area contributed by atoms with Gasteiger partial charge in [0.05, 0.1) is 5.54 Å². The molecule has 0 radical (unpaired) electrons. The van der Waals surface area contributed by atoms with E-state index in [4.69, 9.17) is 15.7 Å². The van der Waals surface area contributed by atoms with Crippen molar-refractivity contribution >= 4 is 5.82 Å². The van der Waals surface area contributed by atoms with Crippen LogP contribution in [0.3, 0.4) is 0 Å². The number of nitrogens with two attached hydrogens (primary N) is 1. The molecule has 2 heterocycles. The molecule has 1 aromatic rings. The fourth-order valence-electron chi connectivity index (χ4n) is 5.63. The van der Waals surface area contributed by atoms with E-state index in [9.17, 15) is 0 Å². The Kier molecular flexibility index (Phi) is 6.75. The van der Waals surface area contributed by atoms with Crippen LogP contribution in [0.15, 0.2) is 0 Å². The number of anilines is 1. The largest absolute Gasteiger partial charge is 0.356 e. The number of aryl methyl sites for hydroxylation is 1. The zero-order valence-electron chi connectivity index (χ0n) is 18.7. The SMILES string of the molecule is CCC(CC)CNC1CCCC1(N)c1nc2c(c(N3CCCCCC3)n1)CCC2. The predicted molar refractivity (Wildman–Crippen MR) is 120 cm³/mol. The van der Waals surface area contributed by atoms with E-state index in [-0.39, 0.29) is 0 Å². The predicted octanol–water partition coefficient (Wildman–Crippen LogP) is 4.08. The van der Waals surface area contributed by atoms with E-state index >= 15 is 0 Å². The van der Waals surface area contributed by atoms with Crippen molar-refractivity contribution in [1.29, 1.82) is 0 Å². The van der Waals surface area contributed by atoms with E-state index in [1.54, 1.807) is 0 Å². The van der Waals surface area contributed by atoms with Crippen molar-refractivity contribution in [3.05, 3.63) is 17.1 Å². The van der Waals surface area contributed by atoms with Crippen molar-refractivity contribution in [2.24, 2.45) is 11.7 Å². The van der Waals surface area contributed by atoms with Crippen LogP contribution in [0.2, 0.25) is 0 Å². The lowest BCUT2D eigenvalue weighted by molar-refractivity contribution is 0.303. The molecule has 1 aliphatic heterocycles. The Morgan fingerprint density at radius 2 is 1.79 bits per heavy atom. The highest BCUT2D eigenvalue weighted by atomic mass is 15.2. The van der Waals surface area contributed by atoms with Gasteiger partial charge in [0.2, 0.25) is 0 Å². The van der Waals surface area contributed by atoms with E-state index < -0.39 is 5.54 Å². The number of hydrogen-bond donors (Lipinski definition) is 2. The van der Waals surface area contributed by atoms with E-state index in [2.05, 4.69) is 24.1 Å². The molecule has 162 valence electrons. The second kappa shape index (κ2) is 9.30. The number of fused-ring (bicyclic) bond motifs is 1. The summed E-state index contributed by atoms with van der Waals surface area (Å²) < 4.78 is 0. The molecule has 2 aliphatic carbocycles. The maximum atomic E-state index is 7.11. The van der Waals surface area contributed by atoms with Gasteiger partial charge in [-0.3, -0.25) is 0 Å². The highest BCUT2D eigenvalue weighted by Crippen LogP contribution is 2.38. The minimum absolute atomic E-state index is 0.291. The summed E-state index contributed by atoms with van der Waals surface area (Å²) in [5.74, 6) is 2.87. The number of nitrogens with one attached hydrogen (secondary N) is 1. The lowest BCUT2D eigenvalue weighted by atomic mass is 9.91. The van der Waals surface area contributed by atoms with E-state index in [1.165, 1.54) is 62.0 Å². The van der Waals surface area contributed by atoms with E-state index in [1.807, 2.05) is 0 Å². The highest BCUT2D eigenvalue weighted by molar-refractivity contribution is 5.52. The van der Waals surface area contributed by atoms with E-state index in [0.29, 0.717) is 6.04 Å². The molecule has 29 heavy (non-hydrogen) atoms. The summed E-state index contributed by atoms with van der Waals surface area (Å²) in [6, 6.07) is 0.291. The molecule has 5 nitrogen and oxygen atoms in total. The Morgan fingerprint density at radius 1 is 1.03 bits per heavy atom. The van der Waals surface area contributed by atoms with Gasteiger partial charge >= 0.3 is 0 Å². The first-order chi connectivity index (χ1) is 14.2. The Labute approximate surface area is 177 Å². The lowest BCUT2D eigenvalue weighted by Gasteiger charge is -2.33. The Hall–Kier alpha value is -1.20. The van der Waals surface area contributed by atoms with Crippen molar-refractivity contribution in [3.8, 4) is 0 Å². The molecule has 2 unspecified atom stereocenters. The summed E-state index contributed by atoms with van der Waals surface area (Å²) >= 11 is 0. The zero-order valence-corrected chi connectivity index (χ0v) is 18.7.